The van der Waals surface area contributed by atoms with Crippen molar-refractivity contribution in [2.24, 2.45) is 0 Å². The number of para-hydroxylation sites is 1. The first-order valence-electron chi connectivity index (χ1n) is 15.4. The van der Waals surface area contributed by atoms with Crippen molar-refractivity contribution < 1.29 is 26.3 Å². The van der Waals surface area contributed by atoms with Crippen LogP contribution >= 0.6 is 0 Å². The smallest absolute Gasteiger partial charge is 0.309 e. The van der Waals surface area contributed by atoms with Crippen molar-refractivity contribution in [3.63, 3.8) is 0 Å². The lowest BCUT2D eigenvalue weighted by molar-refractivity contribution is -0.138. The van der Waals surface area contributed by atoms with Gasteiger partial charge in [0.05, 0.1) is 22.2 Å². The molecule has 0 radical (unpaired) electrons. The Labute approximate surface area is 272 Å². The van der Waals surface area contributed by atoms with E-state index in [2.05, 4.69) is 42.9 Å². The third kappa shape index (κ3) is 5.95. The van der Waals surface area contributed by atoms with Crippen LogP contribution in [0.3, 0.4) is 0 Å². The molecule has 0 atom stereocenters. The normalized spacial score (nSPS) is 13.1. The van der Waals surface area contributed by atoms with Gasteiger partial charge in [-0.1, -0.05) is 125 Å². The lowest BCUT2D eigenvalue weighted by Crippen LogP contribution is -2.53. The number of fused-ring (bicyclic) bond motifs is 3. The minimum atomic E-state index is -4.44. The van der Waals surface area contributed by atoms with Gasteiger partial charge in [0.1, 0.15) is 16.1 Å². The van der Waals surface area contributed by atoms with Crippen molar-refractivity contribution in [1.29, 1.82) is 0 Å². The van der Waals surface area contributed by atoms with Crippen LogP contribution in [0.4, 0.5) is 26.3 Å². The second kappa shape index (κ2) is 11.3. The third-order valence-electron chi connectivity index (χ3n) is 9.48. The molecule has 0 aliphatic heterocycles. The van der Waals surface area contributed by atoms with E-state index < -0.39 is 39.6 Å². The van der Waals surface area contributed by atoms with Gasteiger partial charge in [0.25, 0.3) is 0 Å². The molecular weight excluding hydrogens is 641 g/mol. The van der Waals surface area contributed by atoms with Crippen molar-refractivity contribution in [3.8, 4) is 5.69 Å². The van der Waals surface area contributed by atoms with E-state index in [0.29, 0.717) is 21.5 Å². The molecule has 0 saturated carbocycles. The van der Waals surface area contributed by atoms with Crippen LogP contribution in [-0.2, 0) is 12.4 Å². The zero-order valence-electron chi connectivity index (χ0n) is 27.0. The predicted molar refractivity (Wildman–Crippen MR) is 187 cm³/mol. The molecule has 0 N–H and O–H groups in total. The number of benzene rings is 5. The Balaban J connectivity index is 1.58. The average Bonchev–Trinajstić information content (AvgIpc) is 3.33. The molecule has 1 heterocycles. The lowest BCUT2D eigenvalue weighted by atomic mass is 10.1. The molecule has 0 saturated heterocycles. The molecule has 0 spiro atoms. The molecule has 0 unspecified atom stereocenters. The van der Waals surface area contributed by atoms with Crippen LogP contribution in [0.2, 0.25) is 26.2 Å². The highest BCUT2D eigenvalue weighted by molar-refractivity contribution is 7.01. The Morgan fingerprint density at radius 1 is 0.468 bits per heavy atom. The first kappa shape index (κ1) is 32.8. The summed E-state index contributed by atoms with van der Waals surface area (Å²) in [6, 6.07) is 31.0. The van der Waals surface area contributed by atoms with Crippen LogP contribution in [0.15, 0.2) is 103 Å². The van der Waals surface area contributed by atoms with E-state index in [-0.39, 0.29) is 0 Å². The molecule has 6 aromatic rings. The number of aromatic nitrogens is 1. The quantitative estimate of drug-likeness (QED) is 0.127. The minimum absolute atomic E-state index is 0.568. The fraction of sp³-hybridized carbons (Fsp3) is 0.211. The van der Waals surface area contributed by atoms with Crippen molar-refractivity contribution in [2.45, 2.75) is 52.4 Å². The highest BCUT2D eigenvalue weighted by atomic mass is 28.3. The molecule has 5 aromatic carbocycles. The van der Waals surface area contributed by atoms with Crippen LogP contribution in [0.25, 0.3) is 27.5 Å². The molecule has 1 aromatic heterocycles. The molecule has 0 aliphatic rings. The topological polar surface area (TPSA) is 4.93 Å². The highest BCUT2D eigenvalue weighted by Crippen LogP contribution is 2.34. The maximum Gasteiger partial charge on any atom is 0.416 e. The first-order chi connectivity index (χ1) is 21.9. The standard InChI is InChI=1S/C38H35F6NSi2/c1-24-16-26(37(39,40)41)20-31(18-24)46(3,4)29-12-14-35-33(22-29)34-23-30(13-15-36(34)45(35)28-10-8-7-9-11-28)47(5,6)32-19-25(2)17-27(21-32)38(42,43)44/h7-23H,1-6H3. The van der Waals surface area contributed by atoms with Gasteiger partial charge in [-0.15, -0.1) is 0 Å². The van der Waals surface area contributed by atoms with Gasteiger partial charge in [-0.2, -0.15) is 26.3 Å². The fourth-order valence-electron chi connectivity index (χ4n) is 6.60. The summed E-state index contributed by atoms with van der Waals surface area (Å²) in [6.45, 7) is 11.7. The monoisotopic (exact) mass is 675 g/mol. The minimum Gasteiger partial charge on any atom is -0.309 e. The Bertz CT molecular complexity index is 2010. The number of rotatable bonds is 5. The fourth-order valence-corrected chi connectivity index (χ4v) is 11.5. The Morgan fingerprint density at radius 2 is 0.872 bits per heavy atom. The number of aryl methyl sites for hydroxylation is 2. The van der Waals surface area contributed by atoms with Gasteiger partial charge in [0, 0.05) is 16.5 Å². The second-order valence-electron chi connectivity index (χ2n) is 13.6. The maximum absolute atomic E-state index is 13.8. The van der Waals surface area contributed by atoms with Gasteiger partial charge < -0.3 is 4.57 Å². The summed E-state index contributed by atoms with van der Waals surface area (Å²) in [5, 5.41) is 5.29. The van der Waals surface area contributed by atoms with Crippen LogP contribution in [0.5, 0.6) is 0 Å². The van der Waals surface area contributed by atoms with Crippen LogP contribution in [0.1, 0.15) is 22.3 Å². The summed E-state index contributed by atoms with van der Waals surface area (Å²) in [4.78, 5) is 0. The van der Waals surface area contributed by atoms with Gasteiger partial charge in [-0.3, -0.25) is 0 Å². The van der Waals surface area contributed by atoms with E-state index in [1.807, 2.05) is 66.7 Å². The summed E-state index contributed by atoms with van der Waals surface area (Å²) >= 11 is 0. The van der Waals surface area contributed by atoms with E-state index >= 15 is 0 Å². The number of nitrogens with zero attached hydrogens (tertiary/aromatic N) is 1. The third-order valence-corrected chi connectivity index (χ3v) is 16.4. The molecular formula is C38H35F6NSi2. The summed E-state index contributed by atoms with van der Waals surface area (Å²) in [5.74, 6) is 0. The van der Waals surface area contributed by atoms with Crippen molar-refractivity contribution in [1.82, 2.24) is 4.57 Å². The highest BCUT2D eigenvalue weighted by Gasteiger charge is 2.36. The van der Waals surface area contributed by atoms with E-state index in [4.69, 9.17) is 0 Å². The molecule has 9 heteroatoms. The zero-order chi connectivity index (χ0) is 34.1. The van der Waals surface area contributed by atoms with E-state index in [9.17, 15) is 26.3 Å². The van der Waals surface area contributed by atoms with Gasteiger partial charge in [0.15, 0.2) is 0 Å². The predicted octanol–water partition coefficient (Wildman–Crippen LogP) is 9.08. The number of hydrogen-bond acceptors (Lipinski definition) is 0. The van der Waals surface area contributed by atoms with E-state index in [1.165, 1.54) is 24.3 Å². The summed E-state index contributed by atoms with van der Waals surface area (Å²) in [7, 11) is -5.22. The molecule has 47 heavy (non-hydrogen) atoms. The lowest BCUT2D eigenvalue weighted by Gasteiger charge is -2.26. The number of hydrogen-bond donors (Lipinski definition) is 0. The number of halogens is 6. The molecule has 0 fully saturated rings. The molecule has 0 aliphatic carbocycles. The van der Waals surface area contributed by atoms with Crippen molar-refractivity contribution in [2.75, 3.05) is 0 Å². The van der Waals surface area contributed by atoms with Gasteiger partial charge in [0.2, 0.25) is 0 Å². The SMILES string of the molecule is Cc1cc(C(F)(F)F)cc([Si](C)(C)c2ccc3c(c2)c2cc([Si](C)(C)c4cc(C)cc(C(F)(F)F)c4)ccc2n3-c2ccccc2)c1. The number of alkyl halides is 6. The van der Waals surface area contributed by atoms with Crippen molar-refractivity contribution >= 4 is 58.7 Å². The first-order valence-corrected chi connectivity index (χ1v) is 21.4. The van der Waals surface area contributed by atoms with E-state index in [1.54, 1.807) is 13.8 Å². The second-order valence-corrected chi connectivity index (χ2v) is 22.4. The largest absolute Gasteiger partial charge is 0.416 e. The van der Waals surface area contributed by atoms with Gasteiger partial charge in [-0.25, -0.2) is 0 Å². The van der Waals surface area contributed by atoms with Crippen LogP contribution in [0, 0.1) is 13.8 Å². The molecule has 6 rings (SSSR count). The Morgan fingerprint density at radius 3 is 1.26 bits per heavy atom. The zero-order valence-corrected chi connectivity index (χ0v) is 29.0. The van der Waals surface area contributed by atoms with Gasteiger partial charge in [-0.05, 0) is 50.2 Å². The molecule has 242 valence electrons. The summed E-state index contributed by atoms with van der Waals surface area (Å²) in [5.41, 5.74) is 2.71. The maximum atomic E-state index is 13.8. The van der Waals surface area contributed by atoms with E-state index in [0.717, 1.165) is 37.9 Å². The summed E-state index contributed by atoms with van der Waals surface area (Å²) < 4.78 is 85.0. The Kier molecular flexibility index (Phi) is 7.87. The van der Waals surface area contributed by atoms with Crippen LogP contribution < -0.4 is 20.7 Å². The molecule has 1 nitrogen and oxygen atoms in total. The average molecular weight is 676 g/mol. The van der Waals surface area contributed by atoms with Gasteiger partial charge >= 0.3 is 12.4 Å². The van der Waals surface area contributed by atoms with Crippen LogP contribution in [-0.4, -0.2) is 20.7 Å². The molecule has 0 bridgehead atoms. The van der Waals surface area contributed by atoms with Crippen molar-refractivity contribution in [3.05, 3.63) is 125 Å². The molecule has 0 amide bonds. The summed E-state index contributed by atoms with van der Waals surface area (Å²) in [6.07, 6.45) is -8.88. The Hall–Kier alpha value is -4.09.